The van der Waals surface area contributed by atoms with Crippen LogP contribution >= 0.6 is 0 Å². The highest BCUT2D eigenvalue weighted by Gasteiger charge is 2.29. The van der Waals surface area contributed by atoms with Crippen molar-refractivity contribution in [3.05, 3.63) is 12.3 Å². The summed E-state index contributed by atoms with van der Waals surface area (Å²) in [6, 6.07) is 1.75. The zero-order valence-electron chi connectivity index (χ0n) is 8.14. The first-order valence-corrected chi connectivity index (χ1v) is 4.40. The number of ether oxygens (including phenoxy) is 1. The van der Waals surface area contributed by atoms with Crippen molar-refractivity contribution in [2.75, 3.05) is 18.6 Å². The third-order valence-corrected chi connectivity index (χ3v) is 2.06. The molecule has 78 valence electrons. The molecule has 6 heteroatoms. The second-order valence-corrected chi connectivity index (χ2v) is 3.10. The van der Waals surface area contributed by atoms with Crippen molar-refractivity contribution in [1.29, 1.82) is 0 Å². The maximum absolute atomic E-state index is 11.4. The lowest BCUT2D eigenvalue weighted by molar-refractivity contribution is -0.121. The van der Waals surface area contributed by atoms with Crippen molar-refractivity contribution < 1.29 is 14.3 Å². The van der Waals surface area contributed by atoms with Crippen LogP contribution in [0.2, 0.25) is 0 Å². The van der Waals surface area contributed by atoms with Crippen LogP contribution in [0.3, 0.4) is 0 Å². The zero-order chi connectivity index (χ0) is 10.8. The molecule has 0 saturated carbocycles. The second-order valence-electron chi connectivity index (χ2n) is 3.10. The number of methoxy groups -OCH3 is 1. The Bertz CT molecular complexity index is 419. The summed E-state index contributed by atoms with van der Waals surface area (Å²) in [5, 5.41) is 0. The van der Waals surface area contributed by atoms with Crippen LogP contribution in [0, 0.1) is 0 Å². The van der Waals surface area contributed by atoms with Gasteiger partial charge in [0.25, 0.3) is 0 Å². The van der Waals surface area contributed by atoms with Gasteiger partial charge < -0.3 is 4.74 Å². The van der Waals surface area contributed by atoms with Crippen LogP contribution in [0.15, 0.2) is 12.3 Å². The molecule has 1 aromatic rings. The van der Waals surface area contributed by atoms with E-state index in [2.05, 4.69) is 9.97 Å². The maximum atomic E-state index is 11.4. The minimum atomic E-state index is -0.235. The maximum Gasteiger partial charge on any atom is 0.318 e. The van der Waals surface area contributed by atoms with Gasteiger partial charge in [-0.1, -0.05) is 0 Å². The van der Waals surface area contributed by atoms with Crippen molar-refractivity contribution in [1.82, 2.24) is 9.97 Å². The van der Waals surface area contributed by atoms with Crippen molar-refractivity contribution in [2.24, 2.45) is 0 Å². The lowest BCUT2D eigenvalue weighted by Gasteiger charge is -2.12. The molecule has 2 rings (SSSR count). The summed E-state index contributed by atoms with van der Waals surface area (Å²) in [6.45, 7) is 0.0823. The van der Waals surface area contributed by atoms with Gasteiger partial charge in [-0.15, -0.1) is 0 Å². The molecule has 1 aromatic heterocycles. The van der Waals surface area contributed by atoms with E-state index in [-0.39, 0.29) is 30.7 Å². The molecule has 0 spiro atoms. The molecule has 0 unspecified atom stereocenters. The van der Waals surface area contributed by atoms with Crippen LogP contribution in [-0.2, 0) is 9.59 Å². The lowest BCUT2D eigenvalue weighted by Crippen LogP contribution is -2.25. The summed E-state index contributed by atoms with van der Waals surface area (Å²) in [6.07, 6.45) is 1.43. The number of carbonyl (C=O) groups is 2. The SMILES string of the molecule is COc1nccc(N2CC(=O)CC2=O)n1. The Balaban J connectivity index is 2.29. The van der Waals surface area contributed by atoms with Gasteiger partial charge in [-0.3, -0.25) is 14.5 Å². The third-order valence-electron chi connectivity index (χ3n) is 2.06. The summed E-state index contributed by atoms with van der Waals surface area (Å²) in [7, 11) is 1.44. The topological polar surface area (TPSA) is 72.4 Å². The smallest absolute Gasteiger partial charge is 0.318 e. The fraction of sp³-hybridized carbons (Fsp3) is 0.333. The van der Waals surface area contributed by atoms with Gasteiger partial charge in [-0.25, -0.2) is 4.98 Å². The molecular weight excluding hydrogens is 198 g/mol. The Morgan fingerprint density at radius 2 is 2.27 bits per heavy atom. The monoisotopic (exact) mass is 207 g/mol. The number of carbonyl (C=O) groups excluding carboxylic acids is 2. The number of aromatic nitrogens is 2. The first-order chi connectivity index (χ1) is 7.20. The molecule has 0 atom stereocenters. The van der Waals surface area contributed by atoms with E-state index in [1.165, 1.54) is 18.2 Å². The van der Waals surface area contributed by atoms with Gasteiger partial charge in [0.15, 0.2) is 5.78 Å². The van der Waals surface area contributed by atoms with Crippen LogP contribution < -0.4 is 9.64 Å². The van der Waals surface area contributed by atoms with E-state index in [0.29, 0.717) is 5.82 Å². The van der Waals surface area contributed by atoms with Crippen LogP contribution in [-0.4, -0.2) is 35.3 Å². The molecule has 1 saturated heterocycles. The van der Waals surface area contributed by atoms with Gasteiger partial charge in [0, 0.05) is 6.20 Å². The summed E-state index contributed by atoms with van der Waals surface area (Å²) in [4.78, 5) is 31.6. The Morgan fingerprint density at radius 1 is 1.47 bits per heavy atom. The quantitative estimate of drug-likeness (QED) is 0.627. The first-order valence-electron chi connectivity index (χ1n) is 4.40. The Kier molecular flexibility index (Phi) is 2.32. The van der Waals surface area contributed by atoms with Gasteiger partial charge in [0.2, 0.25) is 5.91 Å². The average Bonchev–Trinajstić information content (AvgIpc) is 2.58. The summed E-state index contributed by atoms with van der Waals surface area (Å²) < 4.78 is 4.83. The summed E-state index contributed by atoms with van der Waals surface area (Å²) in [5.41, 5.74) is 0. The van der Waals surface area contributed by atoms with E-state index < -0.39 is 0 Å². The molecule has 0 radical (unpaired) electrons. The number of nitrogens with zero attached hydrogens (tertiary/aromatic N) is 3. The number of amides is 1. The van der Waals surface area contributed by atoms with Gasteiger partial charge >= 0.3 is 6.01 Å². The largest absolute Gasteiger partial charge is 0.467 e. The molecule has 0 aromatic carbocycles. The molecule has 0 N–H and O–H groups in total. The van der Waals surface area contributed by atoms with Gasteiger partial charge in [-0.2, -0.15) is 4.98 Å². The van der Waals surface area contributed by atoms with Crippen molar-refractivity contribution >= 4 is 17.5 Å². The van der Waals surface area contributed by atoms with E-state index >= 15 is 0 Å². The molecule has 0 bridgehead atoms. The van der Waals surface area contributed by atoms with E-state index in [4.69, 9.17) is 4.74 Å². The zero-order valence-corrected chi connectivity index (χ0v) is 8.14. The number of ketones is 1. The molecule has 15 heavy (non-hydrogen) atoms. The molecule has 1 aliphatic heterocycles. The first kappa shape index (κ1) is 9.57. The normalized spacial score (nSPS) is 15.9. The van der Waals surface area contributed by atoms with Crippen LogP contribution in [0.5, 0.6) is 6.01 Å². The standard InChI is InChI=1S/C9H9N3O3/c1-15-9-10-3-2-7(11-9)12-5-6(13)4-8(12)14/h2-3H,4-5H2,1H3. The lowest BCUT2D eigenvalue weighted by atomic mass is 10.3. The molecule has 6 nitrogen and oxygen atoms in total. The minimum absolute atomic E-state index is 0.0493. The van der Waals surface area contributed by atoms with Crippen LogP contribution in [0.4, 0.5) is 5.82 Å². The predicted octanol–water partition coefficient (Wildman–Crippen LogP) is -0.209. The molecule has 0 aliphatic carbocycles. The summed E-state index contributed by atoms with van der Waals surface area (Å²) >= 11 is 0. The predicted molar refractivity (Wildman–Crippen MR) is 50.6 cm³/mol. The van der Waals surface area contributed by atoms with Gasteiger partial charge in [0.1, 0.15) is 5.82 Å². The van der Waals surface area contributed by atoms with Crippen LogP contribution in [0.1, 0.15) is 6.42 Å². The van der Waals surface area contributed by atoms with Crippen LogP contribution in [0.25, 0.3) is 0 Å². The van der Waals surface area contributed by atoms with E-state index in [1.54, 1.807) is 6.07 Å². The van der Waals surface area contributed by atoms with Crippen molar-refractivity contribution in [3.63, 3.8) is 0 Å². The average molecular weight is 207 g/mol. The molecular formula is C9H9N3O3. The molecule has 1 fully saturated rings. The van der Waals surface area contributed by atoms with E-state index in [1.807, 2.05) is 0 Å². The number of Topliss-reactive ketones (excluding diaryl/α,β-unsaturated/α-hetero) is 1. The minimum Gasteiger partial charge on any atom is -0.467 e. The Morgan fingerprint density at radius 3 is 2.87 bits per heavy atom. The highest BCUT2D eigenvalue weighted by Crippen LogP contribution is 2.18. The number of rotatable bonds is 2. The number of hydrogen-bond donors (Lipinski definition) is 0. The Hall–Kier alpha value is -1.98. The highest BCUT2D eigenvalue weighted by atomic mass is 16.5. The van der Waals surface area contributed by atoms with Crippen molar-refractivity contribution in [2.45, 2.75) is 6.42 Å². The van der Waals surface area contributed by atoms with E-state index in [9.17, 15) is 9.59 Å². The Labute approximate surface area is 85.9 Å². The highest BCUT2D eigenvalue weighted by molar-refractivity contribution is 6.14. The number of hydrogen-bond acceptors (Lipinski definition) is 5. The third kappa shape index (κ3) is 1.78. The second kappa shape index (κ2) is 3.64. The number of anilines is 1. The fourth-order valence-electron chi connectivity index (χ4n) is 1.37. The van der Waals surface area contributed by atoms with Crippen molar-refractivity contribution in [3.8, 4) is 6.01 Å². The van der Waals surface area contributed by atoms with E-state index in [0.717, 1.165) is 0 Å². The summed E-state index contributed by atoms with van der Waals surface area (Å²) in [5.74, 6) is 0.0658. The molecule has 2 heterocycles. The molecule has 1 aliphatic rings. The van der Waals surface area contributed by atoms with Gasteiger partial charge in [0.05, 0.1) is 20.1 Å². The molecule has 1 amide bonds. The fourth-order valence-corrected chi connectivity index (χ4v) is 1.37. The van der Waals surface area contributed by atoms with Gasteiger partial charge in [-0.05, 0) is 6.07 Å².